The van der Waals surface area contributed by atoms with Crippen LogP contribution in [0, 0.1) is 6.92 Å². The van der Waals surface area contributed by atoms with Gasteiger partial charge in [0.05, 0.1) is 34.0 Å². The Balaban J connectivity index is 2.62. The first-order valence-electron chi connectivity index (χ1n) is 7.67. The van der Waals surface area contributed by atoms with Gasteiger partial charge in [0.2, 0.25) is 0 Å². The van der Waals surface area contributed by atoms with Gasteiger partial charge in [0.1, 0.15) is 0 Å². The highest BCUT2D eigenvalue weighted by Gasteiger charge is 2.21. The van der Waals surface area contributed by atoms with Gasteiger partial charge in [-0.15, -0.1) is 0 Å². The quantitative estimate of drug-likeness (QED) is 0.292. The molecule has 0 spiro atoms. The van der Waals surface area contributed by atoms with Gasteiger partial charge in [0, 0.05) is 11.8 Å². The monoisotopic (exact) mass is 443 g/mol. The number of hydrogen-bond acceptors (Lipinski definition) is 7. The Morgan fingerprint density at radius 3 is 2.29 bits per heavy atom. The van der Waals surface area contributed by atoms with Crippen LogP contribution in [0.25, 0.3) is 0 Å². The van der Waals surface area contributed by atoms with Crippen molar-refractivity contribution in [1.82, 2.24) is 0 Å². The molecule has 0 amide bonds. The second-order valence-electron chi connectivity index (χ2n) is 5.68. The number of methoxy groups -OCH3 is 1. The molecule has 8 nitrogen and oxygen atoms in total. The van der Waals surface area contributed by atoms with E-state index in [1.165, 1.54) is 30.3 Å². The summed E-state index contributed by atoms with van der Waals surface area (Å²) in [4.78, 5) is 12.1. The van der Waals surface area contributed by atoms with Crippen molar-refractivity contribution in [2.75, 3.05) is 17.8 Å². The molecule has 0 aliphatic heterocycles. The normalized spacial score (nSPS) is 13.1. The van der Waals surface area contributed by atoms with Crippen LogP contribution >= 0.6 is 11.6 Å². The highest BCUT2D eigenvalue weighted by atomic mass is 35.5. The van der Waals surface area contributed by atoms with E-state index < -0.39 is 27.1 Å². The molecule has 0 bridgehead atoms. The number of anilines is 1. The molecule has 2 aromatic carbocycles. The standard InChI is InChI=1S/C17H17ClN2O6S2/c1-11-4-7-13(8-5-11)20(27(22)23)19-16(17(21)26-2)12-6-9-15(14(18)10-12)28(3,24)25/h4-10H,1-3H3,(H,22,23)/p-1. The van der Waals surface area contributed by atoms with E-state index in [1.54, 1.807) is 12.1 Å². The number of aryl methyl sites for hydroxylation is 1. The fraction of sp³-hybridized carbons (Fsp3) is 0.176. The Labute approximate surface area is 170 Å². The smallest absolute Gasteiger partial charge is 0.359 e. The van der Waals surface area contributed by atoms with Crippen LogP contribution in [-0.2, 0) is 30.6 Å². The molecule has 0 fully saturated rings. The van der Waals surface area contributed by atoms with Crippen molar-refractivity contribution in [1.29, 1.82) is 0 Å². The Kier molecular flexibility index (Phi) is 6.94. The summed E-state index contributed by atoms with van der Waals surface area (Å²) in [5.41, 5.74) is 0.820. The molecule has 150 valence electrons. The van der Waals surface area contributed by atoms with E-state index in [1.807, 2.05) is 6.92 Å². The largest absolute Gasteiger partial charge is 0.754 e. The third-order valence-electron chi connectivity index (χ3n) is 3.57. The summed E-state index contributed by atoms with van der Waals surface area (Å²) in [5, 5.41) is 3.77. The van der Waals surface area contributed by atoms with Gasteiger partial charge in [-0.2, -0.15) is 9.52 Å². The van der Waals surface area contributed by atoms with Gasteiger partial charge in [0.25, 0.3) is 0 Å². The number of nitrogens with zero attached hydrogens (tertiary/aromatic N) is 2. The first-order chi connectivity index (χ1) is 13.0. The van der Waals surface area contributed by atoms with Gasteiger partial charge >= 0.3 is 5.97 Å². The predicted molar refractivity (Wildman–Crippen MR) is 106 cm³/mol. The number of hydrogen-bond donors (Lipinski definition) is 0. The fourth-order valence-electron chi connectivity index (χ4n) is 2.20. The lowest BCUT2D eigenvalue weighted by molar-refractivity contribution is -0.132. The second kappa shape index (κ2) is 8.82. The number of carbonyl (C=O) groups excluding carboxylic acids is 1. The van der Waals surface area contributed by atoms with Crippen molar-refractivity contribution in [2.45, 2.75) is 11.8 Å². The Morgan fingerprint density at radius 1 is 1.21 bits per heavy atom. The summed E-state index contributed by atoms with van der Waals surface area (Å²) in [6, 6.07) is 10.1. The molecule has 0 heterocycles. The third-order valence-corrected chi connectivity index (χ3v) is 5.72. The fourth-order valence-corrected chi connectivity index (χ4v) is 3.97. The number of sulfone groups is 1. The van der Waals surface area contributed by atoms with Gasteiger partial charge in [0.15, 0.2) is 15.5 Å². The molecule has 0 saturated heterocycles. The van der Waals surface area contributed by atoms with Crippen molar-refractivity contribution in [3.63, 3.8) is 0 Å². The van der Waals surface area contributed by atoms with Gasteiger partial charge in [-0.25, -0.2) is 13.2 Å². The van der Waals surface area contributed by atoms with Crippen LogP contribution in [-0.4, -0.2) is 42.2 Å². The van der Waals surface area contributed by atoms with Gasteiger partial charge < -0.3 is 9.29 Å². The molecule has 0 aromatic heterocycles. The molecule has 2 aromatic rings. The summed E-state index contributed by atoms with van der Waals surface area (Å²) < 4.78 is 52.1. The second-order valence-corrected chi connectivity index (χ2v) is 8.85. The zero-order valence-corrected chi connectivity index (χ0v) is 17.5. The minimum atomic E-state index is -3.58. The maximum Gasteiger partial charge on any atom is 0.359 e. The van der Waals surface area contributed by atoms with Crippen molar-refractivity contribution < 1.29 is 26.7 Å². The number of ether oxygens (including phenoxy) is 1. The van der Waals surface area contributed by atoms with Crippen LogP contribution in [0.1, 0.15) is 11.1 Å². The first kappa shape index (κ1) is 22.0. The molecule has 0 radical (unpaired) electrons. The van der Waals surface area contributed by atoms with Crippen LogP contribution in [0.5, 0.6) is 0 Å². The predicted octanol–water partition coefficient (Wildman–Crippen LogP) is 2.23. The highest BCUT2D eigenvalue weighted by Crippen LogP contribution is 2.24. The van der Waals surface area contributed by atoms with E-state index in [-0.39, 0.29) is 26.9 Å². The van der Waals surface area contributed by atoms with Crippen LogP contribution in [0.2, 0.25) is 5.02 Å². The number of carbonyl (C=O) groups is 1. The Bertz CT molecular complexity index is 1050. The molecule has 0 aliphatic rings. The lowest BCUT2D eigenvalue weighted by Gasteiger charge is -2.22. The lowest BCUT2D eigenvalue weighted by Crippen LogP contribution is -2.26. The molecular weight excluding hydrogens is 428 g/mol. The number of halogens is 1. The molecule has 11 heteroatoms. The van der Waals surface area contributed by atoms with Crippen LogP contribution < -0.4 is 4.41 Å². The molecule has 2 rings (SSSR count). The first-order valence-corrected chi connectivity index (χ1v) is 11.0. The molecular formula is C17H16ClN2O6S2-. The molecule has 1 atom stereocenters. The number of esters is 1. The Hall–Kier alpha value is -2.27. The minimum Gasteiger partial charge on any atom is -0.754 e. The third kappa shape index (κ3) is 5.16. The molecule has 0 N–H and O–H groups in total. The maximum atomic E-state index is 12.2. The highest BCUT2D eigenvalue weighted by molar-refractivity contribution is 7.90. The van der Waals surface area contributed by atoms with Crippen molar-refractivity contribution >= 4 is 50.1 Å². The zero-order chi connectivity index (χ0) is 21.1. The molecule has 0 aliphatic carbocycles. The molecule has 0 saturated carbocycles. The number of rotatable bonds is 6. The Morgan fingerprint density at radius 2 is 1.82 bits per heavy atom. The number of hydrazone groups is 1. The van der Waals surface area contributed by atoms with E-state index >= 15 is 0 Å². The molecule has 1 unspecified atom stereocenters. The summed E-state index contributed by atoms with van der Waals surface area (Å²) in [6.07, 6.45) is 0.989. The van der Waals surface area contributed by atoms with Crippen LogP contribution in [0.4, 0.5) is 5.69 Å². The maximum absolute atomic E-state index is 12.2. The van der Waals surface area contributed by atoms with E-state index in [0.717, 1.165) is 18.9 Å². The van der Waals surface area contributed by atoms with Gasteiger partial charge in [-0.1, -0.05) is 35.4 Å². The summed E-state index contributed by atoms with van der Waals surface area (Å²) >= 11 is 3.18. The zero-order valence-electron chi connectivity index (χ0n) is 15.1. The lowest BCUT2D eigenvalue weighted by atomic mass is 10.1. The topological polar surface area (TPSA) is 116 Å². The average Bonchev–Trinajstić information content (AvgIpc) is 2.61. The SMILES string of the molecule is COC(=O)C(=NN(c1ccc(C)cc1)S(=O)[O-])c1ccc(S(C)(=O)=O)c(Cl)c1. The summed E-state index contributed by atoms with van der Waals surface area (Å²) in [5.74, 6) is -0.925. The molecule has 28 heavy (non-hydrogen) atoms. The van der Waals surface area contributed by atoms with Crippen molar-refractivity contribution in [3.8, 4) is 0 Å². The summed E-state index contributed by atoms with van der Waals surface area (Å²) in [7, 11) is -2.48. The van der Waals surface area contributed by atoms with Crippen LogP contribution in [0.15, 0.2) is 52.5 Å². The van der Waals surface area contributed by atoms with Crippen LogP contribution in [0.3, 0.4) is 0 Å². The van der Waals surface area contributed by atoms with Gasteiger partial charge in [-0.3, -0.25) is 4.21 Å². The van der Waals surface area contributed by atoms with E-state index in [4.69, 9.17) is 11.6 Å². The van der Waals surface area contributed by atoms with E-state index in [2.05, 4.69) is 9.84 Å². The number of benzene rings is 2. The van der Waals surface area contributed by atoms with Crippen molar-refractivity contribution in [3.05, 3.63) is 58.6 Å². The van der Waals surface area contributed by atoms with Crippen molar-refractivity contribution in [2.24, 2.45) is 5.10 Å². The summed E-state index contributed by atoms with van der Waals surface area (Å²) in [6.45, 7) is 1.83. The average molecular weight is 444 g/mol. The van der Waals surface area contributed by atoms with E-state index in [9.17, 15) is 22.0 Å². The van der Waals surface area contributed by atoms with E-state index in [0.29, 0.717) is 4.41 Å². The minimum absolute atomic E-state index is 0.0896. The van der Waals surface area contributed by atoms with Gasteiger partial charge in [-0.05, 0) is 31.2 Å².